The first-order valence-corrected chi connectivity index (χ1v) is 6.70. The molecule has 94 valence electrons. The summed E-state index contributed by atoms with van der Waals surface area (Å²) in [6, 6.07) is 0.552. The summed E-state index contributed by atoms with van der Waals surface area (Å²) in [5.41, 5.74) is 0.115. The zero-order chi connectivity index (χ0) is 11.6. The largest absolute Gasteiger partial charge is 0.369 e. The van der Waals surface area contributed by atoms with Gasteiger partial charge in [0.25, 0.3) is 0 Å². The van der Waals surface area contributed by atoms with E-state index < -0.39 is 0 Å². The summed E-state index contributed by atoms with van der Waals surface area (Å²) in [6.07, 6.45) is 2.57. The van der Waals surface area contributed by atoms with Crippen molar-refractivity contribution >= 4 is 0 Å². The second-order valence-electron chi connectivity index (χ2n) is 5.99. The molecule has 2 unspecified atom stereocenters. The van der Waals surface area contributed by atoms with Crippen LogP contribution in [0.25, 0.3) is 0 Å². The minimum atomic E-state index is 0.115. The van der Waals surface area contributed by atoms with Crippen LogP contribution in [-0.2, 0) is 4.74 Å². The van der Waals surface area contributed by atoms with Gasteiger partial charge in [-0.3, -0.25) is 0 Å². The van der Waals surface area contributed by atoms with E-state index in [9.17, 15) is 0 Å². The van der Waals surface area contributed by atoms with E-state index in [1.54, 1.807) is 0 Å². The Morgan fingerprint density at radius 2 is 2.06 bits per heavy atom. The third kappa shape index (κ3) is 2.58. The van der Waals surface area contributed by atoms with Crippen LogP contribution in [0.15, 0.2) is 0 Å². The maximum absolute atomic E-state index is 5.99. The lowest BCUT2D eigenvalue weighted by atomic mass is 9.80. The first-order chi connectivity index (χ1) is 7.62. The molecule has 2 heterocycles. The van der Waals surface area contributed by atoms with Gasteiger partial charge < -0.3 is 15.4 Å². The molecule has 3 nitrogen and oxygen atoms in total. The fourth-order valence-electron chi connectivity index (χ4n) is 3.10. The lowest BCUT2D eigenvalue weighted by Gasteiger charge is -2.51. The Morgan fingerprint density at radius 3 is 2.62 bits per heavy atom. The van der Waals surface area contributed by atoms with Crippen LogP contribution in [0.3, 0.4) is 0 Å². The molecular formula is C13H26N2O. The molecule has 0 bridgehead atoms. The highest BCUT2D eigenvalue weighted by Crippen LogP contribution is 2.29. The van der Waals surface area contributed by atoms with E-state index in [0.29, 0.717) is 6.04 Å². The average molecular weight is 226 g/mol. The topological polar surface area (TPSA) is 33.3 Å². The van der Waals surface area contributed by atoms with Gasteiger partial charge in [0.1, 0.15) is 5.60 Å². The van der Waals surface area contributed by atoms with Gasteiger partial charge in [-0.15, -0.1) is 0 Å². The zero-order valence-corrected chi connectivity index (χ0v) is 10.9. The van der Waals surface area contributed by atoms with Gasteiger partial charge in [0, 0.05) is 25.7 Å². The summed E-state index contributed by atoms with van der Waals surface area (Å²) < 4.78 is 5.99. The first-order valence-electron chi connectivity index (χ1n) is 6.70. The van der Waals surface area contributed by atoms with Crippen molar-refractivity contribution < 1.29 is 4.74 Å². The standard InChI is InChI=1S/C13H26N2O/c1-10(2)6-11(3)7-12-13(8-14-9-13)16-5-4-15-12/h10-12,14-15H,4-9H2,1-3H3. The van der Waals surface area contributed by atoms with Gasteiger partial charge in [0.2, 0.25) is 0 Å². The van der Waals surface area contributed by atoms with Crippen LogP contribution in [-0.4, -0.2) is 37.9 Å². The predicted molar refractivity (Wildman–Crippen MR) is 66.6 cm³/mol. The zero-order valence-electron chi connectivity index (χ0n) is 10.9. The van der Waals surface area contributed by atoms with Crippen LogP contribution >= 0.6 is 0 Å². The fraction of sp³-hybridized carbons (Fsp3) is 1.00. The molecule has 0 aromatic carbocycles. The van der Waals surface area contributed by atoms with E-state index in [0.717, 1.165) is 38.1 Å². The van der Waals surface area contributed by atoms with Crippen LogP contribution in [0.2, 0.25) is 0 Å². The monoisotopic (exact) mass is 226 g/mol. The van der Waals surface area contributed by atoms with Crippen molar-refractivity contribution in [1.82, 2.24) is 10.6 Å². The van der Waals surface area contributed by atoms with E-state index >= 15 is 0 Å². The number of hydrogen-bond donors (Lipinski definition) is 2. The maximum atomic E-state index is 5.99. The van der Waals surface area contributed by atoms with E-state index in [1.165, 1.54) is 12.8 Å². The van der Waals surface area contributed by atoms with Crippen molar-refractivity contribution in [3.05, 3.63) is 0 Å². The molecule has 0 radical (unpaired) electrons. The van der Waals surface area contributed by atoms with E-state index in [4.69, 9.17) is 4.74 Å². The normalized spacial score (nSPS) is 30.4. The predicted octanol–water partition coefficient (Wildman–Crippen LogP) is 1.39. The summed E-state index contributed by atoms with van der Waals surface area (Å²) in [6.45, 7) is 10.9. The Labute approximate surface area is 99.3 Å². The minimum absolute atomic E-state index is 0.115. The third-order valence-corrected chi connectivity index (χ3v) is 3.88. The molecule has 0 saturated carbocycles. The van der Waals surface area contributed by atoms with Gasteiger partial charge in [-0.2, -0.15) is 0 Å². The highest BCUT2D eigenvalue weighted by atomic mass is 16.5. The van der Waals surface area contributed by atoms with Crippen LogP contribution in [0.1, 0.15) is 33.6 Å². The van der Waals surface area contributed by atoms with Crippen molar-refractivity contribution in [3.63, 3.8) is 0 Å². The van der Waals surface area contributed by atoms with Gasteiger partial charge in [0.05, 0.1) is 6.61 Å². The SMILES string of the molecule is CC(C)CC(C)CC1NCCOC12CNC2. The summed E-state index contributed by atoms with van der Waals surface area (Å²) in [4.78, 5) is 0. The summed E-state index contributed by atoms with van der Waals surface area (Å²) >= 11 is 0. The Kier molecular flexibility index (Phi) is 3.88. The highest BCUT2D eigenvalue weighted by molar-refractivity contribution is 5.05. The average Bonchev–Trinajstić information content (AvgIpc) is 2.14. The smallest absolute Gasteiger partial charge is 0.108 e. The molecule has 3 heteroatoms. The second kappa shape index (κ2) is 5.03. The number of morpholine rings is 1. The Balaban J connectivity index is 1.86. The first kappa shape index (κ1) is 12.3. The molecule has 2 fully saturated rings. The van der Waals surface area contributed by atoms with E-state index in [1.807, 2.05) is 0 Å². The summed E-state index contributed by atoms with van der Waals surface area (Å²) in [5.74, 6) is 1.59. The number of rotatable bonds is 4. The molecule has 1 spiro atoms. The molecule has 2 aliphatic rings. The molecule has 2 aliphatic heterocycles. The quantitative estimate of drug-likeness (QED) is 0.760. The Bertz CT molecular complexity index is 226. The van der Waals surface area contributed by atoms with Crippen LogP contribution in [0, 0.1) is 11.8 Å². The number of ether oxygens (including phenoxy) is 1. The van der Waals surface area contributed by atoms with Gasteiger partial charge in [-0.05, 0) is 24.7 Å². The van der Waals surface area contributed by atoms with Gasteiger partial charge >= 0.3 is 0 Å². The van der Waals surface area contributed by atoms with E-state index in [2.05, 4.69) is 31.4 Å². The number of hydrogen-bond acceptors (Lipinski definition) is 3. The van der Waals surface area contributed by atoms with E-state index in [-0.39, 0.29) is 5.60 Å². The van der Waals surface area contributed by atoms with Crippen molar-refractivity contribution in [2.45, 2.75) is 45.3 Å². The Hall–Kier alpha value is -0.120. The maximum Gasteiger partial charge on any atom is 0.108 e. The van der Waals surface area contributed by atoms with Gasteiger partial charge in [-0.1, -0.05) is 20.8 Å². The second-order valence-corrected chi connectivity index (χ2v) is 5.99. The van der Waals surface area contributed by atoms with Crippen LogP contribution in [0.5, 0.6) is 0 Å². The van der Waals surface area contributed by atoms with Crippen molar-refractivity contribution in [1.29, 1.82) is 0 Å². The minimum Gasteiger partial charge on any atom is -0.369 e. The van der Waals surface area contributed by atoms with Crippen LogP contribution in [0.4, 0.5) is 0 Å². The molecular weight excluding hydrogens is 200 g/mol. The van der Waals surface area contributed by atoms with Gasteiger partial charge in [-0.25, -0.2) is 0 Å². The Morgan fingerprint density at radius 1 is 1.31 bits per heavy atom. The lowest BCUT2D eigenvalue weighted by Crippen LogP contribution is -2.73. The summed E-state index contributed by atoms with van der Waals surface area (Å²) in [5, 5.41) is 7.00. The van der Waals surface area contributed by atoms with Crippen molar-refractivity contribution in [3.8, 4) is 0 Å². The van der Waals surface area contributed by atoms with Gasteiger partial charge in [0.15, 0.2) is 0 Å². The molecule has 2 atom stereocenters. The molecule has 16 heavy (non-hydrogen) atoms. The molecule has 2 rings (SSSR count). The molecule has 0 aliphatic carbocycles. The third-order valence-electron chi connectivity index (χ3n) is 3.88. The molecule has 2 saturated heterocycles. The fourth-order valence-corrected chi connectivity index (χ4v) is 3.10. The highest BCUT2D eigenvalue weighted by Gasteiger charge is 2.47. The van der Waals surface area contributed by atoms with Crippen LogP contribution < -0.4 is 10.6 Å². The molecule has 0 aromatic heterocycles. The van der Waals surface area contributed by atoms with Crippen molar-refractivity contribution in [2.24, 2.45) is 11.8 Å². The lowest BCUT2D eigenvalue weighted by molar-refractivity contribution is -0.131. The molecule has 0 aromatic rings. The molecule has 2 N–H and O–H groups in total. The number of nitrogens with one attached hydrogen (secondary N) is 2. The molecule has 0 amide bonds. The van der Waals surface area contributed by atoms with Crippen molar-refractivity contribution in [2.75, 3.05) is 26.2 Å². The summed E-state index contributed by atoms with van der Waals surface area (Å²) in [7, 11) is 0.